The third kappa shape index (κ3) is 1.81. The first kappa shape index (κ1) is 13.0. The highest BCUT2D eigenvalue weighted by atomic mass is 35.5. The van der Waals surface area contributed by atoms with Crippen molar-refractivity contribution in [3.8, 4) is 11.3 Å². The number of nitrogen functional groups attached to an aromatic ring is 1. The Morgan fingerprint density at radius 1 is 0.955 bits per heavy atom. The summed E-state index contributed by atoms with van der Waals surface area (Å²) < 4.78 is 3.06. The van der Waals surface area contributed by atoms with Crippen molar-refractivity contribution in [2.24, 2.45) is 0 Å². The van der Waals surface area contributed by atoms with Crippen LogP contribution in [0.3, 0.4) is 0 Å². The second kappa shape index (κ2) is 4.64. The zero-order chi connectivity index (χ0) is 15.3. The molecule has 0 aliphatic rings. The van der Waals surface area contributed by atoms with Gasteiger partial charge in [0.25, 0.3) is 5.56 Å². The van der Waals surface area contributed by atoms with Gasteiger partial charge in [0, 0.05) is 16.0 Å². The lowest BCUT2D eigenvalue weighted by Gasteiger charge is -2.10. The van der Waals surface area contributed by atoms with Gasteiger partial charge >= 0.3 is 0 Å². The molecule has 2 aromatic heterocycles. The Labute approximate surface area is 130 Å². The van der Waals surface area contributed by atoms with Gasteiger partial charge in [0.1, 0.15) is 5.52 Å². The molecule has 0 spiro atoms. The molecule has 0 saturated carbocycles. The van der Waals surface area contributed by atoms with Crippen molar-refractivity contribution in [2.45, 2.75) is 0 Å². The molecule has 2 heterocycles. The van der Waals surface area contributed by atoms with Crippen LogP contribution in [0.15, 0.2) is 65.6 Å². The fourth-order valence-electron chi connectivity index (χ4n) is 2.78. The molecule has 0 atom stereocenters. The molecule has 22 heavy (non-hydrogen) atoms. The first-order chi connectivity index (χ1) is 10.6. The summed E-state index contributed by atoms with van der Waals surface area (Å²) >= 11 is 5.96. The maximum Gasteiger partial charge on any atom is 0.292 e. The molecule has 0 fully saturated rings. The van der Waals surface area contributed by atoms with Crippen LogP contribution in [-0.2, 0) is 0 Å². The smallest absolute Gasteiger partial charge is 0.292 e. The average Bonchev–Trinajstić information content (AvgIpc) is 2.92. The van der Waals surface area contributed by atoms with E-state index < -0.39 is 0 Å². The van der Waals surface area contributed by atoms with E-state index in [-0.39, 0.29) is 5.56 Å². The van der Waals surface area contributed by atoms with E-state index in [1.54, 1.807) is 6.20 Å². The molecule has 2 N–H and O–H groups in total. The van der Waals surface area contributed by atoms with E-state index >= 15 is 0 Å². The number of hydrogen-bond acceptors (Lipinski definition) is 2. The van der Waals surface area contributed by atoms with Crippen LogP contribution in [-0.4, -0.2) is 9.08 Å². The van der Waals surface area contributed by atoms with Gasteiger partial charge < -0.3 is 10.2 Å². The molecule has 0 radical (unpaired) electrons. The van der Waals surface area contributed by atoms with Crippen molar-refractivity contribution in [2.75, 3.05) is 5.84 Å². The highest BCUT2D eigenvalue weighted by molar-refractivity contribution is 6.30. The minimum absolute atomic E-state index is 0.228. The minimum Gasteiger partial charge on any atom is -0.336 e. The molecule has 0 unspecified atom stereocenters. The molecule has 5 heteroatoms. The van der Waals surface area contributed by atoms with Crippen molar-refractivity contribution in [1.82, 2.24) is 9.08 Å². The number of nitrogens with zero attached hydrogens (tertiary/aromatic N) is 2. The maximum absolute atomic E-state index is 12.3. The number of nitrogens with two attached hydrogens (primary N) is 1. The Bertz CT molecular complexity index is 1060. The standard InChI is InChI=1S/C17H12ClN3O/c18-13-7-5-11(6-8-13)16-10-20(19)17(22)15-9-12-3-1-2-4-14(12)21(15)16/h1-10H,19H2. The third-order valence-electron chi connectivity index (χ3n) is 3.81. The summed E-state index contributed by atoms with van der Waals surface area (Å²) in [6.07, 6.45) is 1.64. The van der Waals surface area contributed by atoms with Crippen LogP contribution >= 0.6 is 11.6 Å². The molecule has 0 aliphatic heterocycles. The third-order valence-corrected chi connectivity index (χ3v) is 4.06. The van der Waals surface area contributed by atoms with Gasteiger partial charge in [0.2, 0.25) is 0 Å². The Kier molecular flexibility index (Phi) is 2.74. The van der Waals surface area contributed by atoms with Gasteiger partial charge in [0.15, 0.2) is 0 Å². The first-order valence-electron chi connectivity index (χ1n) is 6.82. The summed E-state index contributed by atoms with van der Waals surface area (Å²) in [6, 6.07) is 17.2. The number of aromatic nitrogens is 2. The Balaban J connectivity index is 2.20. The van der Waals surface area contributed by atoms with E-state index in [2.05, 4.69) is 0 Å². The number of benzene rings is 2. The SMILES string of the molecule is Nn1cc(-c2ccc(Cl)cc2)n2c(cc3ccccc32)c1=O. The fraction of sp³-hybridized carbons (Fsp3) is 0. The monoisotopic (exact) mass is 309 g/mol. The van der Waals surface area contributed by atoms with Crippen LogP contribution in [0.5, 0.6) is 0 Å². The minimum atomic E-state index is -0.228. The highest BCUT2D eigenvalue weighted by Crippen LogP contribution is 2.26. The number of hydrogen-bond donors (Lipinski definition) is 1. The second-order valence-corrected chi connectivity index (χ2v) is 5.59. The number of fused-ring (bicyclic) bond motifs is 3. The Morgan fingerprint density at radius 3 is 2.45 bits per heavy atom. The molecule has 0 amide bonds. The lowest BCUT2D eigenvalue weighted by atomic mass is 10.1. The predicted octanol–water partition coefficient (Wildman–Crippen LogP) is 3.29. The van der Waals surface area contributed by atoms with Gasteiger partial charge in [-0.1, -0.05) is 41.9 Å². The van der Waals surface area contributed by atoms with Crippen LogP contribution in [0.25, 0.3) is 27.7 Å². The molecule has 0 aliphatic carbocycles. The molecule has 4 nitrogen and oxygen atoms in total. The summed E-state index contributed by atoms with van der Waals surface area (Å²) in [5.74, 6) is 5.84. The topological polar surface area (TPSA) is 52.4 Å². The number of rotatable bonds is 1. The summed E-state index contributed by atoms with van der Waals surface area (Å²) in [5, 5.41) is 1.67. The van der Waals surface area contributed by atoms with Crippen molar-refractivity contribution in [1.29, 1.82) is 0 Å². The molecule has 0 bridgehead atoms. The highest BCUT2D eigenvalue weighted by Gasteiger charge is 2.13. The molecular weight excluding hydrogens is 298 g/mol. The molecule has 0 saturated heterocycles. The summed E-state index contributed by atoms with van der Waals surface area (Å²) in [5.41, 5.74) is 3.08. The van der Waals surface area contributed by atoms with Gasteiger partial charge in [0.05, 0.1) is 17.4 Å². The van der Waals surface area contributed by atoms with E-state index in [1.807, 2.05) is 59.0 Å². The number of halogens is 1. The van der Waals surface area contributed by atoms with Gasteiger partial charge in [-0.05, 0) is 24.3 Å². The zero-order valence-electron chi connectivity index (χ0n) is 11.5. The van der Waals surface area contributed by atoms with Crippen LogP contribution in [0, 0.1) is 0 Å². The predicted molar refractivity (Wildman–Crippen MR) is 89.8 cm³/mol. The largest absolute Gasteiger partial charge is 0.336 e. The summed E-state index contributed by atoms with van der Waals surface area (Å²) in [7, 11) is 0. The zero-order valence-corrected chi connectivity index (χ0v) is 12.3. The molecule has 2 aromatic carbocycles. The van der Waals surface area contributed by atoms with E-state index in [0.29, 0.717) is 10.5 Å². The average molecular weight is 310 g/mol. The van der Waals surface area contributed by atoms with Gasteiger partial charge in [-0.3, -0.25) is 4.79 Å². The molecular formula is C17H12ClN3O. The molecule has 4 aromatic rings. The van der Waals surface area contributed by atoms with E-state index in [0.717, 1.165) is 26.8 Å². The van der Waals surface area contributed by atoms with Crippen molar-refractivity contribution < 1.29 is 0 Å². The van der Waals surface area contributed by atoms with Gasteiger partial charge in [-0.2, -0.15) is 0 Å². The van der Waals surface area contributed by atoms with Crippen LogP contribution in [0.4, 0.5) is 0 Å². The summed E-state index contributed by atoms with van der Waals surface area (Å²) in [4.78, 5) is 12.3. The lowest BCUT2D eigenvalue weighted by Crippen LogP contribution is -2.28. The van der Waals surface area contributed by atoms with Crippen molar-refractivity contribution >= 4 is 28.0 Å². The molecule has 4 rings (SSSR count). The first-order valence-corrected chi connectivity index (χ1v) is 7.20. The van der Waals surface area contributed by atoms with Gasteiger partial charge in [-0.25, -0.2) is 4.68 Å². The Hall–Kier alpha value is -2.72. The van der Waals surface area contributed by atoms with Crippen LogP contribution in [0.2, 0.25) is 5.02 Å². The normalized spacial score (nSPS) is 11.3. The maximum atomic E-state index is 12.3. The second-order valence-electron chi connectivity index (χ2n) is 5.16. The van der Waals surface area contributed by atoms with Crippen molar-refractivity contribution in [3.63, 3.8) is 0 Å². The van der Waals surface area contributed by atoms with Crippen LogP contribution in [0.1, 0.15) is 0 Å². The van der Waals surface area contributed by atoms with E-state index in [1.165, 1.54) is 0 Å². The van der Waals surface area contributed by atoms with Crippen LogP contribution < -0.4 is 11.4 Å². The summed E-state index contributed by atoms with van der Waals surface area (Å²) in [6.45, 7) is 0. The van der Waals surface area contributed by atoms with E-state index in [4.69, 9.17) is 17.4 Å². The number of para-hydroxylation sites is 1. The fourth-order valence-corrected chi connectivity index (χ4v) is 2.90. The van der Waals surface area contributed by atoms with Crippen molar-refractivity contribution in [3.05, 3.63) is 76.2 Å². The van der Waals surface area contributed by atoms with Gasteiger partial charge in [-0.15, -0.1) is 0 Å². The van der Waals surface area contributed by atoms with E-state index in [9.17, 15) is 4.79 Å². The quantitative estimate of drug-likeness (QED) is 0.549. The Morgan fingerprint density at radius 2 is 1.68 bits per heavy atom. The lowest BCUT2D eigenvalue weighted by molar-refractivity contribution is 0.923. The molecule has 108 valence electrons.